The number of nitrogens with one attached hydrogen (secondary N) is 1. The number of methoxy groups -OCH3 is 1. The van der Waals surface area contributed by atoms with E-state index in [4.69, 9.17) is 4.74 Å². The number of carboxylic acids is 1. The van der Waals surface area contributed by atoms with E-state index in [0.717, 1.165) is 30.4 Å². The minimum Gasteiger partial charge on any atom is -0.495 e. The molecule has 4 rings (SSSR count). The van der Waals surface area contributed by atoms with Gasteiger partial charge in [-0.2, -0.15) is 0 Å². The molecule has 1 aromatic heterocycles. The molecule has 37 heavy (non-hydrogen) atoms. The first-order valence-electron chi connectivity index (χ1n) is 13.8. The molecule has 2 atom stereocenters. The molecule has 0 bridgehead atoms. The fourth-order valence-corrected chi connectivity index (χ4v) is 7.15. The molecular formula is C29H40N2O5S. The molecule has 2 saturated carbocycles. The van der Waals surface area contributed by atoms with Gasteiger partial charge in [0.05, 0.1) is 18.4 Å². The molecule has 2 aliphatic carbocycles. The van der Waals surface area contributed by atoms with Crippen LogP contribution in [-0.4, -0.2) is 31.6 Å². The van der Waals surface area contributed by atoms with Crippen LogP contribution >= 0.6 is 0 Å². The monoisotopic (exact) mass is 528 g/mol. The normalized spacial score (nSPS) is 22.2. The summed E-state index contributed by atoms with van der Waals surface area (Å²) in [6.07, 6.45) is 18.4. The molecule has 8 heteroatoms. The first-order chi connectivity index (χ1) is 17.9. The molecule has 202 valence electrons. The number of hydrogen-bond acceptors (Lipinski definition) is 5. The van der Waals surface area contributed by atoms with Crippen molar-refractivity contribution in [1.82, 2.24) is 4.98 Å². The number of hydrogen-bond donors (Lipinski definition) is 2. The van der Waals surface area contributed by atoms with Gasteiger partial charge >= 0.3 is 5.97 Å². The number of ether oxygens (including phenoxy) is 1. The Morgan fingerprint density at radius 2 is 1.54 bits per heavy atom. The van der Waals surface area contributed by atoms with Crippen molar-refractivity contribution >= 4 is 21.7 Å². The molecule has 0 aliphatic heterocycles. The van der Waals surface area contributed by atoms with Crippen LogP contribution in [0.4, 0.5) is 5.69 Å². The predicted molar refractivity (Wildman–Crippen MR) is 145 cm³/mol. The Kier molecular flexibility index (Phi) is 9.46. The molecule has 0 spiro atoms. The molecule has 2 aromatic rings. The molecule has 0 radical (unpaired) electrons. The predicted octanol–water partition coefficient (Wildman–Crippen LogP) is 7.00. The Balaban J connectivity index is 1.42. The summed E-state index contributed by atoms with van der Waals surface area (Å²) in [6, 6.07) is 7.50. The van der Waals surface area contributed by atoms with Crippen LogP contribution in [0.5, 0.6) is 5.75 Å². The second-order valence-electron chi connectivity index (χ2n) is 10.7. The van der Waals surface area contributed by atoms with E-state index in [1.807, 2.05) is 6.07 Å². The van der Waals surface area contributed by atoms with Crippen molar-refractivity contribution < 1.29 is 23.1 Å². The lowest BCUT2D eigenvalue weighted by Gasteiger charge is -2.32. The fourth-order valence-electron chi connectivity index (χ4n) is 6.13. The van der Waals surface area contributed by atoms with Crippen LogP contribution in [0.2, 0.25) is 0 Å². The topological polar surface area (TPSA) is 106 Å². The van der Waals surface area contributed by atoms with Crippen LogP contribution in [0.15, 0.2) is 41.4 Å². The van der Waals surface area contributed by atoms with Gasteiger partial charge in [0.2, 0.25) is 0 Å². The minimum atomic E-state index is -3.91. The van der Waals surface area contributed by atoms with Gasteiger partial charge in [0.1, 0.15) is 10.6 Å². The van der Waals surface area contributed by atoms with E-state index in [2.05, 4.69) is 9.71 Å². The average molecular weight is 529 g/mol. The first-order valence-corrected chi connectivity index (χ1v) is 15.3. The highest BCUT2D eigenvalue weighted by atomic mass is 32.2. The second kappa shape index (κ2) is 12.8. The summed E-state index contributed by atoms with van der Waals surface area (Å²) in [7, 11) is -2.54. The smallest absolute Gasteiger partial charge is 0.335 e. The lowest BCUT2D eigenvalue weighted by molar-refractivity contribution is 0.0696. The van der Waals surface area contributed by atoms with Gasteiger partial charge in [-0.25, -0.2) is 13.2 Å². The van der Waals surface area contributed by atoms with E-state index in [-0.39, 0.29) is 21.9 Å². The maximum absolute atomic E-state index is 13.0. The Morgan fingerprint density at radius 3 is 2.19 bits per heavy atom. The number of anilines is 1. The molecular weight excluding hydrogens is 488 g/mol. The number of aromatic carboxylic acids is 1. The van der Waals surface area contributed by atoms with Gasteiger partial charge in [-0.3, -0.25) is 9.71 Å². The lowest BCUT2D eigenvalue weighted by atomic mass is 9.74. The molecule has 2 fully saturated rings. The number of carboxylic acid groups (broad SMARTS) is 1. The molecule has 1 aromatic carbocycles. The fraction of sp³-hybridized carbons (Fsp3) is 0.586. The van der Waals surface area contributed by atoms with E-state index in [9.17, 15) is 18.3 Å². The molecule has 0 saturated heterocycles. The van der Waals surface area contributed by atoms with E-state index in [1.54, 1.807) is 6.07 Å². The molecule has 7 nitrogen and oxygen atoms in total. The van der Waals surface area contributed by atoms with Gasteiger partial charge in [0.15, 0.2) is 0 Å². The highest BCUT2D eigenvalue weighted by Gasteiger charge is 2.26. The van der Waals surface area contributed by atoms with Crippen LogP contribution in [0.1, 0.15) is 105 Å². The zero-order valence-electron chi connectivity index (χ0n) is 21.8. The molecule has 1 heterocycles. The van der Waals surface area contributed by atoms with E-state index in [1.165, 1.54) is 102 Å². The number of nitrogens with zero attached hydrogens (tertiary/aromatic N) is 1. The number of carbonyl (C=O) groups is 1. The van der Waals surface area contributed by atoms with Crippen molar-refractivity contribution in [3.05, 3.63) is 47.8 Å². The minimum absolute atomic E-state index is 0.0156. The lowest BCUT2D eigenvalue weighted by Crippen LogP contribution is -2.19. The van der Waals surface area contributed by atoms with Gasteiger partial charge in [0.25, 0.3) is 10.0 Å². The van der Waals surface area contributed by atoms with Crippen LogP contribution in [0, 0.1) is 11.8 Å². The Bertz CT molecular complexity index is 1140. The van der Waals surface area contributed by atoms with Crippen molar-refractivity contribution in [3.63, 3.8) is 0 Å². The Hall–Kier alpha value is -2.61. The summed E-state index contributed by atoms with van der Waals surface area (Å²) >= 11 is 0. The SMILES string of the molecule is COc1cc(C(=O)O)ccc1NS(=O)(=O)c1ccc(C2CCCCC(C3CCCCCCC3)CC2)nc1. The van der Waals surface area contributed by atoms with Crippen molar-refractivity contribution in [2.24, 2.45) is 11.8 Å². The maximum Gasteiger partial charge on any atom is 0.335 e. The van der Waals surface area contributed by atoms with Gasteiger partial charge in [0, 0.05) is 17.8 Å². The molecule has 0 amide bonds. The van der Waals surface area contributed by atoms with Crippen LogP contribution in [0.25, 0.3) is 0 Å². The quantitative estimate of drug-likeness (QED) is 0.401. The highest BCUT2D eigenvalue weighted by molar-refractivity contribution is 7.92. The number of rotatable bonds is 7. The highest BCUT2D eigenvalue weighted by Crippen LogP contribution is 2.39. The second-order valence-corrected chi connectivity index (χ2v) is 12.4. The third kappa shape index (κ3) is 7.24. The van der Waals surface area contributed by atoms with Crippen LogP contribution < -0.4 is 9.46 Å². The Morgan fingerprint density at radius 1 is 0.892 bits per heavy atom. The largest absolute Gasteiger partial charge is 0.495 e. The summed E-state index contributed by atoms with van der Waals surface area (Å²) in [6.45, 7) is 0. The Labute approximate surface area is 221 Å². The summed E-state index contributed by atoms with van der Waals surface area (Å²) in [5, 5.41) is 9.17. The zero-order chi connectivity index (χ0) is 26.3. The van der Waals surface area contributed by atoms with E-state index in [0.29, 0.717) is 5.92 Å². The number of sulfonamides is 1. The molecule has 2 N–H and O–H groups in total. The average Bonchev–Trinajstić information content (AvgIpc) is 2.85. The number of aromatic nitrogens is 1. The van der Waals surface area contributed by atoms with Crippen LogP contribution in [0.3, 0.4) is 0 Å². The van der Waals surface area contributed by atoms with Crippen LogP contribution in [-0.2, 0) is 10.0 Å². The van der Waals surface area contributed by atoms with Crippen molar-refractivity contribution in [3.8, 4) is 5.75 Å². The third-order valence-corrected chi connectivity index (χ3v) is 9.61. The summed E-state index contributed by atoms with van der Waals surface area (Å²) in [5.74, 6) is 1.07. The van der Waals surface area contributed by atoms with Gasteiger partial charge in [-0.1, -0.05) is 64.2 Å². The van der Waals surface area contributed by atoms with Gasteiger partial charge in [-0.05, 0) is 61.4 Å². The summed E-state index contributed by atoms with van der Waals surface area (Å²) < 4.78 is 33.7. The molecule has 2 unspecified atom stereocenters. The van der Waals surface area contributed by atoms with Gasteiger partial charge in [-0.15, -0.1) is 0 Å². The standard InChI is InChI=1S/C29H40N2O5S/c1-36-28-19-24(29(32)33)15-17-27(28)31-37(34,35)25-16-18-26(30-20-25)23-12-8-7-11-22(13-14-23)21-9-5-3-2-4-6-10-21/h15-23,31H,2-14H2,1H3,(H,32,33). The van der Waals surface area contributed by atoms with E-state index >= 15 is 0 Å². The first kappa shape index (κ1) is 27.4. The van der Waals surface area contributed by atoms with Gasteiger partial charge < -0.3 is 9.84 Å². The number of pyridine rings is 1. The summed E-state index contributed by atoms with van der Waals surface area (Å²) in [4.78, 5) is 15.9. The summed E-state index contributed by atoms with van der Waals surface area (Å²) in [5.41, 5.74) is 1.17. The number of benzene rings is 1. The maximum atomic E-state index is 13.0. The van der Waals surface area contributed by atoms with Crippen molar-refractivity contribution in [2.45, 2.75) is 94.3 Å². The van der Waals surface area contributed by atoms with Crippen molar-refractivity contribution in [1.29, 1.82) is 0 Å². The third-order valence-electron chi connectivity index (χ3n) is 8.26. The van der Waals surface area contributed by atoms with Crippen molar-refractivity contribution in [2.75, 3.05) is 11.8 Å². The zero-order valence-corrected chi connectivity index (χ0v) is 22.6. The van der Waals surface area contributed by atoms with E-state index < -0.39 is 16.0 Å². The molecule has 2 aliphatic rings.